The van der Waals surface area contributed by atoms with Crippen molar-refractivity contribution in [2.24, 2.45) is 0 Å². The van der Waals surface area contributed by atoms with Gasteiger partial charge < -0.3 is 19.6 Å². The molecule has 3 heterocycles. The summed E-state index contributed by atoms with van der Waals surface area (Å²) in [5, 5.41) is 2.06. The molecule has 5 nitrogen and oxygen atoms in total. The van der Waals surface area contributed by atoms with E-state index in [1.165, 1.54) is 0 Å². The quantitative estimate of drug-likeness (QED) is 0.526. The third-order valence-electron chi connectivity index (χ3n) is 5.53. The summed E-state index contributed by atoms with van der Waals surface area (Å²) in [4.78, 5) is 22.4. The van der Waals surface area contributed by atoms with Crippen LogP contribution < -0.4 is 4.74 Å². The van der Waals surface area contributed by atoms with Crippen LogP contribution in [0.4, 0.5) is 0 Å². The Hall–Kier alpha value is -3.47. The van der Waals surface area contributed by atoms with E-state index >= 15 is 0 Å². The molecule has 1 aliphatic heterocycles. The molecular weight excluding hydrogens is 350 g/mol. The first-order valence-electron chi connectivity index (χ1n) is 9.37. The molecule has 0 unspecified atom stereocenters. The Balaban J connectivity index is 1.70. The number of methoxy groups -OCH3 is 1. The number of nitrogens with zero attached hydrogens (tertiary/aromatic N) is 1. The van der Waals surface area contributed by atoms with Crippen LogP contribution in [0.15, 0.2) is 54.9 Å². The van der Waals surface area contributed by atoms with E-state index in [-0.39, 0.29) is 5.78 Å². The number of hydrogen-bond donors (Lipinski definition) is 2. The number of nitrogens with one attached hydrogen (secondary N) is 2. The van der Waals surface area contributed by atoms with Crippen molar-refractivity contribution < 1.29 is 9.53 Å². The van der Waals surface area contributed by atoms with E-state index in [9.17, 15) is 4.79 Å². The number of H-pyrrole nitrogens is 2. The van der Waals surface area contributed by atoms with Gasteiger partial charge in [0.2, 0.25) is 0 Å². The fraction of sp³-hybridized carbons (Fsp3) is 0.174. The van der Waals surface area contributed by atoms with Crippen molar-refractivity contribution in [3.8, 4) is 5.75 Å². The zero-order valence-electron chi connectivity index (χ0n) is 15.9. The predicted molar refractivity (Wildman–Crippen MR) is 112 cm³/mol. The number of likely N-dealkylation sites (N-methyl/N-ethyl adjacent to an activating group) is 1. The van der Waals surface area contributed by atoms with Gasteiger partial charge in [0.05, 0.1) is 18.4 Å². The topological polar surface area (TPSA) is 61.1 Å². The Labute approximate surface area is 162 Å². The number of aromatic nitrogens is 2. The Kier molecular flexibility index (Phi) is 3.76. The van der Waals surface area contributed by atoms with E-state index < -0.39 is 0 Å². The number of fused-ring (bicyclic) bond motifs is 4. The van der Waals surface area contributed by atoms with Gasteiger partial charge in [-0.15, -0.1) is 0 Å². The van der Waals surface area contributed by atoms with E-state index in [2.05, 4.69) is 14.9 Å². The third kappa shape index (κ3) is 2.51. The summed E-state index contributed by atoms with van der Waals surface area (Å²) in [5.41, 5.74) is 5.44. The van der Waals surface area contributed by atoms with Crippen LogP contribution in [0.2, 0.25) is 0 Å². The van der Waals surface area contributed by atoms with E-state index in [1.54, 1.807) is 7.11 Å². The average molecular weight is 371 g/mol. The van der Waals surface area contributed by atoms with E-state index in [4.69, 9.17) is 4.74 Å². The monoisotopic (exact) mass is 371 g/mol. The molecule has 2 aromatic carbocycles. The van der Waals surface area contributed by atoms with Gasteiger partial charge in [0.1, 0.15) is 5.75 Å². The van der Waals surface area contributed by atoms with Crippen LogP contribution >= 0.6 is 0 Å². The number of carbonyl (C=O) groups is 1. The van der Waals surface area contributed by atoms with Gasteiger partial charge >= 0.3 is 0 Å². The zero-order valence-corrected chi connectivity index (χ0v) is 15.9. The van der Waals surface area contributed by atoms with Crippen molar-refractivity contribution in [1.29, 1.82) is 0 Å². The van der Waals surface area contributed by atoms with E-state index in [0.29, 0.717) is 11.1 Å². The number of carbonyl (C=O) groups excluding carboxylic acids is 1. The van der Waals surface area contributed by atoms with E-state index in [0.717, 1.165) is 51.8 Å². The van der Waals surface area contributed by atoms with Gasteiger partial charge in [0, 0.05) is 53.4 Å². The number of aromatic amines is 2. The number of hydrogen-bond acceptors (Lipinski definition) is 3. The lowest BCUT2D eigenvalue weighted by molar-refractivity contribution is 0.105. The highest BCUT2D eigenvalue weighted by Crippen LogP contribution is 2.34. The molecule has 0 spiro atoms. The summed E-state index contributed by atoms with van der Waals surface area (Å²) in [6, 6.07) is 13.9. The molecule has 1 aliphatic rings. The van der Waals surface area contributed by atoms with Crippen LogP contribution in [0.25, 0.3) is 27.4 Å². The summed E-state index contributed by atoms with van der Waals surface area (Å²) in [6.07, 6.45) is 4.63. The summed E-state index contributed by atoms with van der Waals surface area (Å²) in [7, 11) is 3.68. The minimum Gasteiger partial charge on any atom is -0.497 e. The lowest BCUT2D eigenvalue weighted by Gasteiger charge is -2.12. The standard InChI is InChI=1S/C23H21N3O2/c1-26-10-9-16-17-11-14(28-2)7-8-21(17)25-22(16)19(13-26)23(27)18-12-24-20-6-4-3-5-15(18)20/h3-8,11-13,24-25H,9-10H2,1-2H3. The summed E-state index contributed by atoms with van der Waals surface area (Å²) >= 11 is 0. The van der Waals surface area contributed by atoms with Gasteiger partial charge in [-0.1, -0.05) is 18.2 Å². The van der Waals surface area contributed by atoms with Crippen LogP contribution in [0, 0.1) is 0 Å². The molecule has 5 heteroatoms. The first-order valence-corrected chi connectivity index (χ1v) is 9.37. The number of Topliss-reactive ketones (excluding diaryl/α,β-unsaturated/α-hetero) is 1. The SMILES string of the molecule is COc1ccc2[nH]c3c(c2c1)CCN(C)C=C3C(=O)c1c[nH]c2ccccc12. The van der Waals surface area contributed by atoms with Gasteiger partial charge in [-0.05, 0) is 36.2 Å². The molecule has 28 heavy (non-hydrogen) atoms. The Morgan fingerprint density at radius 2 is 1.96 bits per heavy atom. The van der Waals surface area contributed by atoms with Crippen molar-refractivity contribution in [3.05, 3.63) is 71.7 Å². The van der Waals surface area contributed by atoms with Crippen molar-refractivity contribution in [2.75, 3.05) is 20.7 Å². The lowest BCUT2D eigenvalue weighted by atomic mass is 9.97. The Morgan fingerprint density at radius 1 is 1.11 bits per heavy atom. The maximum absolute atomic E-state index is 13.6. The maximum Gasteiger partial charge on any atom is 0.198 e. The molecule has 0 bridgehead atoms. The minimum atomic E-state index is 0.0194. The van der Waals surface area contributed by atoms with Gasteiger partial charge in [0.15, 0.2) is 5.78 Å². The van der Waals surface area contributed by atoms with Gasteiger partial charge in [0.25, 0.3) is 0 Å². The second kappa shape index (κ2) is 6.30. The van der Waals surface area contributed by atoms with Crippen LogP contribution in [0.3, 0.4) is 0 Å². The van der Waals surface area contributed by atoms with Crippen LogP contribution in [-0.2, 0) is 6.42 Å². The van der Waals surface area contributed by atoms with Crippen LogP contribution in [0.5, 0.6) is 5.75 Å². The van der Waals surface area contributed by atoms with Gasteiger partial charge in [-0.25, -0.2) is 0 Å². The number of para-hydroxylation sites is 1. The molecule has 4 aromatic rings. The molecule has 0 saturated carbocycles. The fourth-order valence-electron chi connectivity index (χ4n) is 4.06. The molecule has 2 N–H and O–H groups in total. The number of ketones is 1. The number of ether oxygens (including phenoxy) is 1. The van der Waals surface area contributed by atoms with Crippen LogP contribution in [0.1, 0.15) is 21.6 Å². The highest BCUT2D eigenvalue weighted by atomic mass is 16.5. The third-order valence-corrected chi connectivity index (χ3v) is 5.53. The Bertz CT molecular complexity index is 1250. The highest BCUT2D eigenvalue weighted by molar-refractivity contribution is 6.32. The molecule has 0 fully saturated rings. The predicted octanol–water partition coefficient (Wildman–Crippen LogP) is 4.37. The second-order valence-electron chi connectivity index (χ2n) is 7.24. The average Bonchev–Trinajstić information content (AvgIpc) is 3.26. The number of benzene rings is 2. The summed E-state index contributed by atoms with van der Waals surface area (Å²) < 4.78 is 5.41. The lowest BCUT2D eigenvalue weighted by Crippen LogP contribution is -2.14. The fourth-order valence-corrected chi connectivity index (χ4v) is 4.06. The molecule has 140 valence electrons. The number of allylic oxidation sites excluding steroid dienone is 1. The minimum absolute atomic E-state index is 0.0194. The molecular formula is C23H21N3O2. The summed E-state index contributed by atoms with van der Waals surface area (Å²) in [6.45, 7) is 0.849. The number of rotatable bonds is 3. The van der Waals surface area contributed by atoms with Gasteiger partial charge in [-0.2, -0.15) is 0 Å². The first-order chi connectivity index (χ1) is 13.7. The summed E-state index contributed by atoms with van der Waals surface area (Å²) in [5.74, 6) is 0.839. The van der Waals surface area contributed by atoms with Crippen molar-refractivity contribution in [1.82, 2.24) is 14.9 Å². The molecule has 2 aromatic heterocycles. The molecule has 0 atom stereocenters. The van der Waals surface area contributed by atoms with Crippen molar-refractivity contribution >= 4 is 33.2 Å². The second-order valence-corrected chi connectivity index (χ2v) is 7.24. The van der Waals surface area contributed by atoms with E-state index in [1.807, 2.05) is 61.9 Å². The molecule has 5 rings (SSSR count). The molecule has 0 aliphatic carbocycles. The molecule has 0 amide bonds. The highest BCUT2D eigenvalue weighted by Gasteiger charge is 2.26. The van der Waals surface area contributed by atoms with Crippen LogP contribution in [-0.4, -0.2) is 41.4 Å². The van der Waals surface area contributed by atoms with Crippen molar-refractivity contribution in [3.63, 3.8) is 0 Å². The zero-order chi connectivity index (χ0) is 19.3. The normalized spacial score (nSPS) is 14.1. The van der Waals surface area contributed by atoms with Gasteiger partial charge in [-0.3, -0.25) is 4.79 Å². The smallest absolute Gasteiger partial charge is 0.198 e. The largest absolute Gasteiger partial charge is 0.497 e. The van der Waals surface area contributed by atoms with Crippen molar-refractivity contribution in [2.45, 2.75) is 6.42 Å². The molecule has 0 radical (unpaired) electrons. The molecule has 0 saturated heterocycles. The first kappa shape index (κ1) is 16.7. The Morgan fingerprint density at radius 3 is 2.82 bits per heavy atom. The maximum atomic E-state index is 13.6.